The zero-order valence-corrected chi connectivity index (χ0v) is 37.3. The van der Waals surface area contributed by atoms with E-state index >= 15 is 0 Å². The van der Waals surface area contributed by atoms with Crippen LogP contribution in [-0.4, -0.2) is 16.2 Å². The van der Waals surface area contributed by atoms with Crippen LogP contribution in [0.2, 0.25) is 0 Å². The van der Waals surface area contributed by atoms with Crippen molar-refractivity contribution in [2.75, 3.05) is 21.4 Å². The molecule has 0 atom stereocenters. The zero-order chi connectivity index (χ0) is 43.4. The molecule has 7 aromatic carbocycles. The van der Waals surface area contributed by atoms with Gasteiger partial charge in [0.15, 0.2) is 0 Å². The summed E-state index contributed by atoms with van der Waals surface area (Å²) >= 11 is 0. The second-order valence-electron chi connectivity index (χ2n) is 18.1. The number of anilines is 5. The summed E-state index contributed by atoms with van der Waals surface area (Å²) in [7, 11) is 0. The Hall–Kier alpha value is -7.37. The maximum absolute atomic E-state index is 5.05. The molecule has 310 valence electrons. The van der Waals surface area contributed by atoms with Crippen molar-refractivity contribution in [2.24, 2.45) is 0 Å². The van der Waals surface area contributed by atoms with Crippen molar-refractivity contribution in [2.45, 2.75) is 53.9 Å². The van der Waals surface area contributed by atoms with Gasteiger partial charge in [-0.2, -0.15) is 0 Å². The molecule has 0 radical (unpaired) electrons. The van der Waals surface area contributed by atoms with Gasteiger partial charge in [0.1, 0.15) is 5.82 Å². The van der Waals surface area contributed by atoms with Gasteiger partial charge in [0, 0.05) is 51.6 Å². The summed E-state index contributed by atoms with van der Waals surface area (Å²) in [6.07, 6.45) is 4.27. The molecule has 0 spiro atoms. The third kappa shape index (κ3) is 7.44. The molecule has 0 fully saturated rings. The van der Waals surface area contributed by atoms with E-state index in [-0.39, 0.29) is 5.41 Å². The van der Waals surface area contributed by atoms with Crippen LogP contribution in [0.15, 0.2) is 182 Å². The van der Waals surface area contributed by atoms with Crippen molar-refractivity contribution in [1.82, 2.24) is 9.55 Å². The monoisotopic (exact) mass is 819 g/mol. The minimum Gasteiger partial charge on any atom is -0.327 e. The Morgan fingerprint density at radius 2 is 1.22 bits per heavy atom. The summed E-state index contributed by atoms with van der Waals surface area (Å²) in [4.78, 5) is 12.3. The smallest absolute Gasteiger partial charge is 0.138 e. The SMILES string of the molecule is Cc1cc(N2C=C(c3ccccc3)N(c3cccc(C(C)(C)C)c3)C2)cc(N(c2ccccc2)c2ccc3c4ccccc4n(-c4cc(-c5c(C)cc(C)cc5C)ccn4)c3c2)c1. The van der Waals surface area contributed by atoms with Gasteiger partial charge in [-0.25, -0.2) is 4.98 Å². The van der Waals surface area contributed by atoms with Crippen molar-refractivity contribution in [1.29, 1.82) is 0 Å². The highest BCUT2D eigenvalue weighted by Crippen LogP contribution is 2.43. The minimum absolute atomic E-state index is 0.0377. The maximum atomic E-state index is 5.05. The Balaban J connectivity index is 1.11. The van der Waals surface area contributed by atoms with Crippen LogP contribution >= 0.6 is 0 Å². The quantitative estimate of drug-likeness (QED) is 0.153. The summed E-state index contributed by atoms with van der Waals surface area (Å²) in [5.74, 6) is 0.895. The van der Waals surface area contributed by atoms with E-state index in [9.17, 15) is 0 Å². The van der Waals surface area contributed by atoms with E-state index < -0.39 is 0 Å². The number of para-hydroxylation sites is 2. The van der Waals surface area contributed by atoms with Gasteiger partial charge in [-0.05, 0) is 145 Å². The Kier molecular flexibility index (Phi) is 9.99. The van der Waals surface area contributed by atoms with Gasteiger partial charge in [-0.1, -0.05) is 123 Å². The second-order valence-corrected chi connectivity index (χ2v) is 18.1. The number of fused-ring (bicyclic) bond motifs is 3. The van der Waals surface area contributed by atoms with E-state index in [4.69, 9.17) is 4.98 Å². The fourth-order valence-electron chi connectivity index (χ4n) is 9.58. The highest BCUT2D eigenvalue weighted by molar-refractivity contribution is 6.10. The Labute approximate surface area is 371 Å². The van der Waals surface area contributed by atoms with Gasteiger partial charge >= 0.3 is 0 Å². The van der Waals surface area contributed by atoms with E-state index in [0.717, 1.165) is 39.6 Å². The van der Waals surface area contributed by atoms with Gasteiger partial charge in [0.2, 0.25) is 0 Å². The lowest BCUT2D eigenvalue weighted by atomic mass is 9.87. The van der Waals surface area contributed by atoms with Crippen molar-refractivity contribution < 1.29 is 0 Å². The van der Waals surface area contributed by atoms with Crippen LogP contribution in [0.3, 0.4) is 0 Å². The van der Waals surface area contributed by atoms with E-state index in [1.165, 1.54) is 66.7 Å². The molecule has 1 aliphatic rings. The van der Waals surface area contributed by atoms with Gasteiger partial charge < -0.3 is 14.7 Å². The van der Waals surface area contributed by atoms with Crippen LogP contribution in [0, 0.1) is 27.7 Å². The molecule has 0 bridgehead atoms. The van der Waals surface area contributed by atoms with Crippen LogP contribution in [0.25, 0.3) is 44.4 Å². The number of hydrogen-bond acceptors (Lipinski definition) is 4. The average Bonchev–Trinajstić information content (AvgIpc) is 3.87. The first kappa shape index (κ1) is 39.7. The number of aryl methyl sites for hydroxylation is 4. The van der Waals surface area contributed by atoms with Crippen LogP contribution in [0.1, 0.15) is 54.2 Å². The zero-order valence-electron chi connectivity index (χ0n) is 37.3. The van der Waals surface area contributed by atoms with Crippen LogP contribution in [0.5, 0.6) is 0 Å². The lowest BCUT2D eigenvalue weighted by Gasteiger charge is -2.29. The summed E-state index contributed by atoms with van der Waals surface area (Å²) in [5, 5.41) is 2.39. The molecule has 0 unspecified atom stereocenters. The van der Waals surface area contributed by atoms with E-state index in [1.54, 1.807) is 0 Å². The molecule has 5 nitrogen and oxygen atoms in total. The van der Waals surface area contributed by atoms with Gasteiger partial charge in [0.05, 0.1) is 23.4 Å². The third-order valence-electron chi connectivity index (χ3n) is 12.5. The van der Waals surface area contributed by atoms with Gasteiger partial charge in [0.25, 0.3) is 0 Å². The number of nitrogens with zero attached hydrogens (tertiary/aromatic N) is 5. The highest BCUT2D eigenvalue weighted by atomic mass is 15.4. The summed E-state index contributed by atoms with van der Waals surface area (Å²) in [5.41, 5.74) is 19.0. The highest BCUT2D eigenvalue weighted by Gasteiger charge is 2.27. The van der Waals surface area contributed by atoms with Crippen molar-refractivity contribution in [3.8, 4) is 16.9 Å². The number of hydrogen-bond donors (Lipinski definition) is 0. The number of pyridine rings is 1. The molecule has 10 rings (SSSR count). The molecule has 0 amide bonds. The van der Waals surface area contributed by atoms with Crippen molar-refractivity contribution in [3.63, 3.8) is 0 Å². The Bertz CT molecular complexity index is 3170. The molecule has 9 aromatic rings. The number of rotatable bonds is 8. The molecule has 1 aliphatic heterocycles. The molecule has 2 aromatic heterocycles. The third-order valence-corrected chi connectivity index (χ3v) is 12.5. The fourth-order valence-corrected chi connectivity index (χ4v) is 9.58. The molecule has 3 heterocycles. The molecule has 5 heteroatoms. The molecular weight excluding hydrogens is 767 g/mol. The first-order chi connectivity index (χ1) is 30.5. The molecule has 0 saturated heterocycles. The summed E-state index contributed by atoms with van der Waals surface area (Å²) in [6.45, 7) is 16.3. The fraction of sp³-hybridized carbons (Fsp3) is 0.155. The largest absolute Gasteiger partial charge is 0.327 e. The van der Waals surface area contributed by atoms with E-state index in [0.29, 0.717) is 6.67 Å². The predicted octanol–water partition coefficient (Wildman–Crippen LogP) is 15.1. The van der Waals surface area contributed by atoms with Gasteiger partial charge in [-0.3, -0.25) is 4.57 Å². The molecular formula is C58H53N5. The minimum atomic E-state index is 0.0377. The molecule has 0 aliphatic carbocycles. The summed E-state index contributed by atoms with van der Waals surface area (Å²) < 4.78 is 2.34. The molecule has 0 saturated carbocycles. The standard InChI is InChI=1S/C58H53N5/c1-39-29-41(3)57(42(4)30-39)44-27-28-59-56(33-44)63-53-24-15-14-23-51(53)52-26-25-48(36-54(52)63)62(46-20-12-9-13-21-46)50-32-40(2)31-49(35-50)60-37-55(43-17-10-8-11-18-43)61(38-60)47-22-16-19-45(34-47)58(5,6)7/h8-37H,38H2,1-7H3. The van der Waals surface area contributed by atoms with Crippen molar-refractivity contribution in [3.05, 3.63) is 216 Å². The van der Waals surface area contributed by atoms with Crippen LogP contribution in [0.4, 0.5) is 28.4 Å². The van der Waals surface area contributed by atoms with Gasteiger partial charge in [-0.15, -0.1) is 0 Å². The Morgan fingerprint density at radius 1 is 0.524 bits per heavy atom. The summed E-state index contributed by atoms with van der Waals surface area (Å²) in [6, 6.07) is 62.0. The molecule has 63 heavy (non-hydrogen) atoms. The number of benzene rings is 7. The first-order valence-electron chi connectivity index (χ1n) is 22.0. The lowest BCUT2D eigenvalue weighted by molar-refractivity contribution is 0.590. The lowest BCUT2D eigenvalue weighted by Crippen LogP contribution is -2.27. The number of aromatic nitrogens is 2. The average molecular weight is 820 g/mol. The van der Waals surface area contributed by atoms with Crippen molar-refractivity contribution >= 4 is 55.9 Å². The maximum Gasteiger partial charge on any atom is 0.138 e. The first-order valence-corrected chi connectivity index (χ1v) is 22.0. The normalized spacial score (nSPS) is 13.0. The van der Waals surface area contributed by atoms with E-state index in [2.05, 4.69) is 244 Å². The van der Waals surface area contributed by atoms with E-state index in [1.807, 2.05) is 6.20 Å². The second kappa shape index (κ2) is 15.8. The Morgan fingerprint density at radius 3 is 1.98 bits per heavy atom. The topological polar surface area (TPSA) is 27.5 Å². The van der Waals surface area contributed by atoms with Crippen LogP contribution < -0.4 is 14.7 Å². The molecule has 0 N–H and O–H groups in total. The predicted molar refractivity (Wildman–Crippen MR) is 267 cm³/mol. The van der Waals surface area contributed by atoms with Crippen LogP contribution in [-0.2, 0) is 5.41 Å².